The lowest BCUT2D eigenvalue weighted by atomic mass is 10.0. The molecule has 24 heavy (non-hydrogen) atoms. The summed E-state index contributed by atoms with van der Waals surface area (Å²) in [6.07, 6.45) is 20.2. The van der Waals surface area contributed by atoms with Gasteiger partial charge in [-0.15, -0.1) is 0 Å². The highest BCUT2D eigenvalue weighted by Crippen LogP contribution is 2.12. The highest BCUT2D eigenvalue weighted by molar-refractivity contribution is 5.74. The Kier molecular flexibility index (Phi) is 18.0. The molecule has 2 N–H and O–H groups in total. The number of unbranched alkanes of at least 4 members (excludes halogenated alkanes) is 13. The standard InChI is InChI=1S/C21H44N2O/c1-4-6-7-8-9-10-11-12-13-14-15-16-17-18-19-22-21(24)23-20(3)5-2/h20H,4-19H2,1-3H3,(H2,22,23,24). The number of nitrogens with one attached hydrogen (secondary N) is 2. The van der Waals surface area contributed by atoms with E-state index in [1.165, 1.54) is 83.5 Å². The molecule has 0 aliphatic rings. The summed E-state index contributed by atoms with van der Waals surface area (Å²) in [5.41, 5.74) is 0. The highest BCUT2D eigenvalue weighted by atomic mass is 16.2. The maximum absolute atomic E-state index is 11.5. The first kappa shape index (κ1) is 23.3. The van der Waals surface area contributed by atoms with E-state index in [4.69, 9.17) is 0 Å². The van der Waals surface area contributed by atoms with Crippen molar-refractivity contribution in [3.63, 3.8) is 0 Å². The van der Waals surface area contributed by atoms with E-state index in [0.717, 1.165) is 19.4 Å². The van der Waals surface area contributed by atoms with Crippen molar-refractivity contribution in [1.82, 2.24) is 10.6 Å². The fraction of sp³-hybridized carbons (Fsp3) is 0.952. The molecule has 1 unspecified atom stereocenters. The molecule has 0 fully saturated rings. The Morgan fingerprint density at radius 3 is 1.54 bits per heavy atom. The molecule has 3 nitrogen and oxygen atoms in total. The maximum atomic E-state index is 11.5. The van der Waals surface area contributed by atoms with Crippen LogP contribution in [0.4, 0.5) is 4.79 Å². The van der Waals surface area contributed by atoms with E-state index in [1.54, 1.807) is 0 Å². The molecule has 0 aromatic carbocycles. The molecule has 0 heterocycles. The van der Waals surface area contributed by atoms with E-state index in [-0.39, 0.29) is 12.1 Å². The third kappa shape index (κ3) is 17.6. The summed E-state index contributed by atoms with van der Waals surface area (Å²) in [6, 6.07) is 0.250. The molecule has 0 aliphatic heterocycles. The molecule has 0 aliphatic carbocycles. The zero-order valence-corrected chi connectivity index (χ0v) is 16.8. The fourth-order valence-corrected chi connectivity index (χ4v) is 2.90. The third-order valence-electron chi connectivity index (χ3n) is 4.81. The van der Waals surface area contributed by atoms with Crippen LogP contribution in [0, 0.1) is 0 Å². The Balaban J connectivity index is 3.11. The van der Waals surface area contributed by atoms with Crippen LogP contribution in [0.2, 0.25) is 0 Å². The number of urea groups is 1. The van der Waals surface area contributed by atoms with Crippen molar-refractivity contribution < 1.29 is 4.79 Å². The largest absolute Gasteiger partial charge is 0.338 e. The summed E-state index contributed by atoms with van der Waals surface area (Å²) in [6.45, 7) is 7.20. The van der Waals surface area contributed by atoms with Gasteiger partial charge < -0.3 is 10.6 Å². The van der Waals surface area contributed by atoms with Crippen molar-refractivity contribution in [1.29, 1.82) is 0 Å². The molecule has 0 saturated heterocycles. The molecule has 0 bridgehead atoms. The molecular weight excluding hydrogens is 296 g/mol. The first-order valence-electron chi connectivity index (χ1n) is 10.7. The van der Waals surface area contributed by atoms with Gasteiger partial charge in [0.1, 0.15) is 0 Å². The van der Waals surface area contributed by atoms with Crippen LogP contribution in [0.25, 0.3) is 0 Å². The summed E-state index contributed by atoms with van der Waals surface area (Å²) < 4.78 is 0. The zero-order chi connectivity index (χ0) is 17.9. The van der Waals surface area contributed by atoms with Gasteiger partial charge in [-0.25, -0.2) is 4.79 Å². The maximum Gasteiger partial charge on any atom is 0.314 e. The molecule has 0 saturated carbocycles. The van der Waals surface area contributed by atoms with Crippen molar-refractivity contribution >= 4 is 6.03 Å². The van der Waals surface area contributed by atoms with Gasteiger partial charge >= 0.3 is 6.03 Å². The Morgan fingerprint density at radius 1 is 0.708 bits per heavy atom. The summed E-state index contributed by atoms with van der Waals surface area (Å²) in [5, 5.41) is 5.87. The van der Waals surface area contributed by atoms with E-state index < -0.39 is 0 Å². The van der Waals surface area contributed by atoms with E-state index in [9.17, 15) is 4.79 Å². The molecule has 3 heteroatoms. The van der Waals surface area contributed by atoms with Gasteiger partial charge in [0.2, 0.25) is 0 Å². The van der Waals surface area contributed by atoms with Gasteiger partial charge in [-0.05, 0) is 19.8 Å². The van der Waals surface area contributed by atoms with Crippen molar-refractivity contribution in [2.75, 3.05) is 6.54 Å². The van der Waals surface area contributed by atoms with E-state index in [0.29, 0.717) is 0 Å². The second kappa shape index (κ2) is 18.6. The van der Waals surface area contributed by atoms with Gasteiger partial charge in [-0.3, -0.25) is 0 Å². The monoisotopic (exact) mass is 340 g/mol. The van der Waals surface area contributed by atoms with E-state index in [1.807, 2.05) is 6.92 Å². The van der Waals surface area contributed by atoms with Crippen LogP contribution in [0.15, 0.2) is 0 Å². The number of hydrogen-bond donors (Lipinski definition) is 2. The molecule has 2 amide bonds. The van der Waals surface area contributed by atoms with Crippen molar-refractivity contribution in [3.8, 4) is 0 Å². The van der Waals surface area contributed by atoms with Crippen LogP contribution in [0.5, 0.6) is 0 Å². The van der Waals surface area contributed by atoms with Crippen LogP contribution in [0.1, 0.15) is 117 Å². The second-order valence-electron chi connectivity index (χ2n) is 7.31. The Morgan fingerprint density at radius 2 is 1.12 bits per heavy atom. The smallest absolute Gasteiger partial charge is 0.314 e. The van der Waals surface area contributed by atoms with E-state index in [2.05, 4.69) is 24.5 Å². The molecular formula is C21H44N2O. The third-order valence-corrected chi connectivity index (χ3v) is 4.81. The number of rotatable bonds is 17. The fourth-order valence-electron chi connectivity index (χ4n) is 2.90. The Bertz CT molecular complexity index is 269. The van der Waals surface area contributed by atoms with Gasteiger partial charge in [0.25, 0.3) is 0 Å². The van der Waals surface area contributed by atoms with Gasteiger partial charge in [0.15, 0.2) is 0 Å². The lowest BCUT2D eigenvalue weighted by Gasteiger charge is -2.12. The van der Waals surface area contributed by atoms with E-state index >= 15 is 0 Å². The van der Waals surface area contributed by atoms with Crippen LogP contribution in [0.3, 0.4) is 0 Å². The van der Waals surface area contributed by atoms with Crippen molar-refractivity contribution in [3.05, 3.63) is 0 Å². The molecule has 1 atom stereocenters. The predicted molar refractivity (Wildman–Crippen MR) is 107 cm³/mol. The predicted octanol–water partition coefficient (Wildman–Crippen LogP) is 6.57. The van der Waals surface area contributed by atoms with Crippen LogP contribution in [-0.4, -0.2) is 18.6 Å². The van der Waals surface area contributed by atoms with Gasteiger partial charge in [0, 0.05) is 12.6 Å². The first-order chi connectivity index (χ1) is 11.7. The lowest BCUT2D eigenvalue weighted by molar-refractivity contribution is 0.237. The van der Waals surface area contributed by atoms with Crippen LogP contribution >= 0.6 is 0 Å². The minimum absolute atomic E-state index is 0.0148. The normalized spacial score (nSPS) is 12.1. The van der Waals surface area contributed by atoms with Crippen molar-refractivity contribution in [2.45, 2.75) is 123 Å². The average Bonchev–Trinajstić information content (AvgIpc) is 2.58. The summed E-state index contributed by atoms with van der Waals surface area (Å²) in [4.78, 5) is 11.5. The van der Waals surface area contributed by atoms with Crippen molar-refractivity contribution in [2.24, 2.45) is 0 Å². The quantitative estimate of drug-likeness (QED) is 0.289. The molecule has 0 radical (unpaired) electrons. The SMILES string of the molecule is CCCCCCCCCCCCCCCCNC(=O)NC(C)CC. The minimum Gasteiger partial charge on any atom is -0.338 e. The number of carbonyl (C=O) groups excluding carboxylic acids is 1. The lowest BCUT2D eigenvalue weighted by Crippen LogP contribution is -2.40. The number of hydrogen-bond acceptors (Lipinski definition) is 1. The average molecular weight is 341 g/mol. The van der Waals surface area contributed by atoms with Gasteiger partial charge in [-0.1, -0.05) is 97.3 Å². The van der Waals surface area contributed by atoms with Crippen LogP contribution in [-0.2, 0) is 0 Å². The number of amides is 2. The first-order valence-corrected chi connectivity index (χ1v) is 10.7. The van der Waals surface area contributed by atoms with Gasteiger partial charge in [0.05, 0.1) is 0 Å². The Labute approximate surface area is 151 Å². The molecule has 144 valence electrons. The summed E-state index contributed by atoms with van der Waals surface area (Å²) >= 11 is 0. The van der Waals surface area contributed by atoms with Gasteiger partial charge in [-0.2, -0.15) is 0 Å². The molecule has 0 rings (SSSR count). The highest BCUT2D eigenvalue weighted by Gasteiger charge is 2.03. The zero-order valence-electron chi connectivity index (χ0n) is 16.8. The molecule has 0 spiro atoms. The molecule has 0 aromatic rings. The summed E-state index contributed by atoms with van der Waals surface area (Å²) in [7, 11) is 0. The van der Waals surface area contributed by atoms with Crippen LogP contribution < -0.4 is 10.6 Å². The topological polar surface area (TPSA) is 41.1 Å². The minimum atomic E-state index is -0.0148. The summed E-state index contributed by atoms with van der Waals surface area (Å²) in [5.74, 6) is 0. The number of carbonyl (C=O) groups is 1. The second-order valence-corrected chi connectivity index (χ2v) is 7.31. The molecule has 0 aromatic heterocycles. The Hall–Kier alpha value is -0.730.